The van der Waals surface area contributed by atoms with E-state index >= 15 is 0 Å². The smallest absolute Gasteiger partial charge is 0.238 e. The maximum absolute atomic E-state index is 11.4. The lowest BCUT2D eigenvalue weighted by molar-refractivity contribution is -0.131. The van der Waals surface area contributed by atoms with Gasteiger partial charge in [0.2, 0.25) is 5.91 Å². The minimum Gasteiger partial charge on any atom is -0.343 e. The van der Waals surface area contributed by atoms with Crippen molar-refractivity contribution in [3.8, 4) is 0 Å². The molecule has 1 fully saturated rings. The molecule has 4 heteroatoms. The molecule has 1 atom stereocenters. The summed E-state index contributed by atoms with van der Waals surface area (Å²) in [7, 11) is 1.82. The topological polar surface area (TPSA) is 49.6 Å². The lowest BCUT2D eigenvalue weighted by Gasteiger charge is -2.22. The summed E-state index contributed by atoms with van der Waals surface area (Å²) >= 11 is 0. The van der Waals surface area contributed by atoms with Gasteiger partial charge in [-0.2, -0.15) is 0 Å². The van der Waals surface area contributed by atoms with E-state index in [4.69, 9.17) is 5.73 Å². The minimum absolute atomic E-state index is 0.0317. The van der Waals surface area contributed by atoms with Crippen molar-refractivity contribution in [3.05, 3.63) is 0 Å². The summed E-state index contributed by atoms with van der Waals surface area (Å²) in [6.45, 7) is 5.87. The van der Waals surface area contributed by atoms with Gasteiger partial charge in [0.1, 0.15) is 0 Å². The molecule has 14 heavy (non-hydrogen) atoms. The van der Waals surface area contributed by atoms with E-state index in [1.54, 1.807) is 11.8 Å². The second-order valence-electron chi connectivity index (χ2n) is 4.10. The molecule has 1 heterocycles. The maximum Gasteiger partial charge on any atom is 0.238 e. The van der Waals surface area contributed by atoms with Crippen LogP contribution in [0.5, 0.6) is 0 Å². The van der Waals surface area contributed by atoms with Gasteiger partial charge in [-0.05, 0) is 32.9 Å². The first-order valence-corrected chi connectivity index (χ1v) is 5.34. The molecule has 2 N–H and O–H groups in total. The molecule has 0 aromatic heterocycles. The zero-order valence-corrected chi connectivity index (χ0v) is 9.20. The van der Waals surface area contributed by atoms with Gasteiger partial charge in [0.05, 0.1) is 6.04 Å². The van der Waals surface area contributed by atoms with Gasteiger partial charge >= 0.3 is 0 Å². The standard InChI is InChI=1S/C10H21N3O/c1-9(11)10(14)12(2)7-8-13-5-3-4-6-13/h9H,3-8,11H2,1-2H3. The number of likely N-dealkylation sites (tertiary alicyclic amines) is 1. The third-order valence-electron chi connectivity index (χ3n) is 2.72. The number of nitrogens with zero attached hydrogens (tertiary/aromatic N) is 2. The van der Waals surface area contributed by atoms with Gasteiger partial charge in [0.15, 0.2) is 0 Å². The van der Waals surface area contributed by atoms with Crippen molar-refractivity contribution in [2.45, 2.75) is 25.8 Å². The van der Waals surface area contributed by atoms with Crippen LogP contribution in [-0.2, 0) is 4.79 Å². The van der Waals surface area contributed by atoms with Crippen molar-refractivity contribution < 1.29 is 4.79 Å². The Morgan fingerprint density at radius 3 is 2.57 bits per heavy atom. The minimum atomic E-state index is -0.376. The quantitative estimate of drug-likeness (QED) is 0.687. The first kappa shape index (κ1) is 11.5. The third-order valence-corrected chi connectivity index (χ3v) is 2.72. The van der Waals surface area contributed by atoms with Gasteiger partial charge in [0.25, 0.3) is 0 Å². The third kappa shape index (κ3) is 3.27. The average molecular weight is 199 g/mol. The fraction of sp³-hybridized carbons (Fsp3) is 0.900. The first-order valence-electron chi connectivity index (χ1n) is 5.34. The van der Waals surface area contributed by atoms with Crippen LogP contribution in [0.25, 0.3) is 0 Å². The number of amides is 1. The van der Waals surface area contributed by atoms with Crippen molar-refractivity contribution in [2.75, 3.05) is 33.2 Å². The Hall–Kier alpha value is -0.610. The molecule has 1 amide bonds. The Kier molecular flexibility index (Phi) is 4.35. The molecule has 1 aliphatic rings. The second-order valence-corrected chi connectivity index (χ2v) is 4.10. The number of carbonyl (C=O) groups is 1. The molecule has 0 radical (unpaired) electrons. The number of hydrogen-bond acceptors (Lipinski definition) is 3. The molecule has 1 rings (SSSR count). The van der Waals surface area contributed by atoms with Crippen molar-refractivity contribution in [3.63, 3.8) is 0 Å². The fourth-order valence-corrected chi connectivity index (χ4v) is 1.76. The monoisotopic (exact) mass is 199 g/mol. The van der Waals surface area contributed by atoms with Crippen LogP contribution in [0.1, 0.15) is 19.8 Å². The Bertz CT molecular complexity index is 188. The molecule has 1 unspecified atom stereocenters. The molecule has 0 aromatic rings. The zero-order chi connectivity index (χ0) is 10.6. The van der Waals surface area contributed by atoms with E-state index in [9.17, 15) is 4.79 Å². The SMILES string of the molecule is CC(N)C(=O)N(C)CCN1CCCC1. The summed E-state index contributed by atoms with van der Waals surface area (Å²) in [4.78, 5) is 15.5. The van der Waals surface area contributed by atoms with E-state index in [2.05, 4.69) is 4.90 Å². The van der Waals surface area contributed by atoms with Gasteiger partial charge in [-0.3, -0.25) is 4.79 Å². The molecule has 0 bridgehead atoms. The van der Waals surface area contributed by atoms with E-state index in [1.165, 1.54) is 25.9 Å². The van der Waals surface area contributed by atoms with Crippen LogP contribution < -0.4 is 5.73 Å². The van der Waals surface area contributed by atoms with E-state index in [0.29, 0.717) is 0 Å². The van der Waals surface area contributed by atoms with E-state index in [-0.39, 0.29) is 11.9 Å². The van der Waals surface area contributed by atoms with Gasteiger partial charge in [-0.1, -0.05) is 0 Å². The van der Waals surface area contributed by atoms with Crippen LogP contribution in [0.3, 0.4) is 0 Å². The lowest BCUT2D eigenvalue weighted by Crippen LogP contribution is -2.42. The number of nitrogens with two attached hydrogens (primary N) is 1. The Morgan fingerprint density at radius 1 is 1.50 bits per heavy atom. The van der Waals surface area contributed by atoms with Gasteiger partial charge in [-0.15, -0.1) is 0 Å². The molecule has 82 valence electrons. The lowest BCUT2D eigenvalue weighted by atomic mass is 10.3. The number of carbonyl (C=O) groups excluding carboxylic acids is 1. The fourth-order valence-electron chi connectivity index (χ4n) is 1.76. The van der Waals surface area contributed by atoms with Crippen molar-refractivity contribution in [1.82, 2.24) is 9.80 Å². The molecular weight excluding hydrogens is 178 g/mol. The Balaban J connectivity index is 2.19. The Labute approximate surface area is 86.0 Å². The highest BCUT2D eigenvalue weighted by molar-refractivity contribution is 5.80. The van der Waals surface area contributed by atoms with Crippen LogP contribution >= 0.6 is 0 Å². The molecule has 0 spiro atoms. The second kappa shape index (κ2) is 5.32. The number of rotatable bonds is 4. The number of likely N-dealkylation sites (N-methyl/N-ethyl adjacent to an activating group) is 1. The van der Waals surface area contributed by atoms with E-state index in [1.807, 2.05) is 7.05 Å². The van der Waals surface area contributed by atoms with Crippen LogP contribution in [-0.4, -0.2) is 55.0 Å². The predicted molar refractivity (Wildman–Crippen MR) is 57.0 cm³/mol. The highest BCUT2D eigenvalue weighted by Gasteiger charge is 2.16. The first-order chi connectivity index (χ1) is 6.61. The average Bonchev–Trinajstić information content (AvgIpc) is 2.65. The van der Waals surface area contributed by atoms with Crippen LogP contribution in [0.4, 0.5) is 0 Å². The number of hydrogen-bond donors (Lipinski definition) is 1. The van der Waals surface area contributed by atoms with Crippen LogP contribution in [0, 0.1) is 0 Å². The summed E-state index contributed by atoms with van der Waals surface area (Å²) in [6, 6.07) is -0.376. The molecule has 0 aromatic carbocycles. The van der Waals surface area contributed by atoms with Crippen molar-refractivity contribution in [2.24, 2.45) is 5.73 Å². The summed E-state index contributed by atoms with van der Waals surface area (Å²) in [5, 5.41) is 0. The highest BCUT2D eigenvalue weighted by atomic mass is 16.2. The molecule has 4 nitrogen and oxygen atoms in total. The summed E-state index contributed by atoms with van der Waals surface area (Å²) in [5.41, 5.74) is 5.52. The predicted octanol–water partition coefficient (Wildman–Crippen LogP) is -0.112. The molecule has 0 aliphatic carbocycles. The van der Waals surface area contributed by atoms with Crippen LogP contribution in [0.2, 0.25) is 0 Å². The largest absolute Gasteiger partial charge is 0.343 e. The zero-order valence-electron chi connectivity index (χ0n) is 9.20. The molecular formula is C10H21N3O. The van der Waals surface area contributed by atoms with Gasteiger partial charge < -0.3 is 15.5 Å². The Morgan fingerprint density at radius 2 is 2.07 bits per heavy atom. The van der Waals surface area contributed by atoms with Gasteiger partial charge in [-0.25, -0.2) is 0 Å². The van der Waals surface area contributed by atoms with Crippen LogP contribution in [0.15, 0.2) is 0 Å². The normalized spacial score (nSPS) is 19.6. The maximum atomic E-state index is 11.4. The summed E-state index contributed by atoms with van der Waals surface area (Å²) < 4.78 is 0. The molecule has 1 saturated heterocycles. The summed E-state index contributed by atoms with van der Waals surface area (Å²) in [6.07, 6.45) is 2.59. The molecule has 1 aliphatic heterocycles. The highest BCUT2D eigenvalue weighted by Crippen LogP contribution is 2.06. The van der Waals surface area contributed by atoms with Crippen molar-refractivity contribution in [1.29, 1.82) is 0 Å². The van der Waals surface area contributed by atoms with Gasteiger partial charge in [0, 0.05) is 20.1 Å². The molecule has 0 saturated carbocycles. The van der Waals surface area contributed by atoms with E-state index in [0.717, 1.165) is 13.1 Å². The summed E-state index contributed by atoms with van der Waals surface area (Å²) in [5.74, 6) is 0.0317. The van der Waals surface area contributed by atoms with Crippen molar-refractivity contribution >= 4 is 5.91 Å². The van der Waals surface area contributed by atoms with E-state index < -0.39 is 0 Å².